The fraction of sp³-hybridized carbons (Fsp3) is 0.170. The topological polar surface area (TPSA) is 199 Å². The zero-order chi connectivity index (χ0) is 52.7. The van der Waals surface area contributed by atoms with E-state index in [1.807, 2.05) is 6.07 Å². The number of rotatable bonds is 11. The van der Waals surface area contributed by atoms with E-state index in [1.54, 1.807) is 0 Å². The van der Waals surface area contributed by atoms with Gasteiger partial charge in [0.2, 0.25) is 21.8 Å². The van der Waals surface area contributed by atoms with Gasteiger partial charge in [-0.25, -0.2) is 28.4 Å². The van der Waals surface area contributed by atoms with Gasteiger partial charge in [0.25, 0.3) is 0 Å². The Bertz CT molecular complexity index is 3280. The van der Waals surface area contributed by atoms with E-state index in [9.17, 15) is 76.0 Å². The molecule has 372 valence electrons. The number of nitriles is 1. The lowest BCUT2D eigenvalue weighted by molar-refractivity contribution is -0.144. The number of benzene rings is 4. The molecule has 0 bridgehead atoms. The summed E-state index contributed by atoms with van der Waals surface area (Å²) in [5.74, 6) is -3.76. The van der Waals surface area contributed by atoms with Gasteiger partial charge in [0.05, 0.1) is 50.2 Å². The number of sulfonamides is 1. The van der Waals surface area contributed by atoms with Crippen LogP contribution >= 0.6 is 0 Å². The third-order valence-electron chi connectivity index (χ3n) is 11.0. The van der Waals surface area contributed by atoms with Gasteiger partial charge in [0, 0.05) is 53.3 Å². The zero-order valence-electron chi connectivity index (χ0n) is 36.1. The summed E-state index contributed by atoms with van der Waals surface area (Å²) in [6.07, 6.45) is -16.2. The van der Waals surface area contributed by atoms with Crippen LogP contribution in [0.15, 0.2) is 108 Å². The van der Waals surface area contributed by atoms with E-state index < -0.39 is 97.5 Å². The van der Waals surface area contributed by atoms with Crippen LogP contribution in [0.1, 0.15) is 68.2 Å². The van der Waals surface area contributed by atoms with Crippen LogP contribution in [-0.4, -0.2) is 57.6 Å². The van der Waals surface area contributed by atoms with E-state index in [4.69, 9.17) is 11.5 Å². The highest BCUT2D eigenvalue weighted by Gasteiger charge is 2.39. The van der Waals surface area contributed by atoms with Crippen molar-refractivity contribution in [3.8, 4) is 28.8 Å². The third kappa shape index (κ3) is 11.4. The number of carbonyl (C=O) groups excluding carboxylic acids is 2. The summed E-state index contributed by atoms with van der Waals surface area (Å²) in [5.41, 5.74) is 3.04. The van der Waals surface area contributed by atoms with E-state index in [1.165, 1.54) is 54.6 Å². The average molecular weight is 1030 g/mol. The summed E-state index contributed by atoms with van der Waals surface area (Å²) >= 11 is 0. The molecule has 1 fully saturated rings. The zero-order valence-corrected chi connectivity index (χ0v) is 36.9. The highest BCUT2D eigenvalue weighted by atomic mass is 32.2. The Balaban J connectivity index is 1.10. The van der Waals surface area contributed by atoms with Gasteiger partial charge in [-0.15, -0.1) is 0 Å². The van der Waals surface area contributed by atoms with Crippen molar-refractivity contribution in [2.24, 2.45) is 11.5 Å². The number of hydrogen-bond donors (Lipinski definition) is 2. The number of hydrogen-bond acceptors (Lipinski definition) is 9. The predicted molar refractivity (Wildman–Crippen MR) is 233 cm³/mol. The van der Waals surface area contributed by atoms with Crippen molar-refractivity contribution in [3.05, 3.63) is 159 Å². The summed E-state index contributed by atoms with van der Waals surface area (Å²) in [5, 5.41) is 10.1. The first kappa shape index (κ1) is 51.9. The van der Waals surface area contributed by atoms with Gasteiger partial charge in [0.1, 0.15) is 0 Å². The summed E-state index contributed by atoms with van der Waals surface area (Å²) in [4.78, 5) is 40.8. The van der Waals surface area contributed by atoms with Gasteiger partial charge in [0.15, 0.2) is 11.6 Å². The van der Waals surface area contributed by atoms with Crippen molar-refractivity contribution < 1.29 is 70.7 Å². The van der Waals surface area contributed by atoms with Crippen LogP contribution in [0, 0.1) is 11.3 Å². The summed E-state index contributed by atoms with van der Waals surface area (Å²) < 4.78 is 191. The molecule has 25 heteroatoms. The maximum atomic E-state index is 13.9. The molecule has 3 heterocycles. The molecular formula is C47H30F12N8O4S. The largest absolute Gasteiger partial charge is 0.416 e. The molecule has 12 nitrogen and oxygen atoms in total. The van der Waals surface area contributed by atoms with Crippen LogP contribution in [0.25, 0.3) is 46.1 Å². The lowest BCUT2D eigenvalue weighted by atomic mass is 9.91. The number of nitrogens with zero attached hydrogens (tertiary/aromatic N) is 6. The summed E-state index contributed by atoms with van der Waals surface area (Å²) in [6.45, 7) is -0.100. The minimum Gasteiger partial charge on any atom is -0.366 e. The number of halogens is 12. The molecule has 72 heavy (non-hydrogen) atoms. The first-order valence-electron chi connectivity index (χ1n) is 20.5. The minimum absolute atomic E-state index is 0.00393. The Hall–Kier alpha value is -7.98. The van der Waals surface area contributed by atoms with Gasteiger partial charge < -0.3 is 11.5 Å². The predicted octanol–water partition coefficient (Wildman–Crippen LogP) is 9.78. The van der Waals surface area contributed by atoms with Crippen molar-refractivity contribution >= 4 is 45.1 Å². The van der Waals surface area contributed by atoms with Crippen molar-refractivity contribution in [1.29, 1.82) is 5.26 Å². The van der Waals surface area contributed by atoms with Gasteiger partial charge >= 0.3 is 24.7 Å². The van der Waals surface area contributed by atoms with Crippen LogP contribution in [0.2, 0.25) is 0 Å². The maximum Gasteiger partial charge on any atom is 0.416 e. The van der Waals surface area contributed by atoms with Gasteiger partial charge in [-0.2, -0.15) is 62.3 Å². The molecule has 4 aromatic carbocycles. The van der Waals surface area contributed by atoms with E-state index >= 15 is 0 Å². The molecule has 2 amide bonds. The number of nitrogens with two attached hydrogens (primary N) is 2. The smallest absolute Gasteiger partial charge is 0.366 e. The van der Waals surface area contributed by atoms with Gasteiger partial charge in [-0.05, 0) is 102 Å². The second-order valence-electron chi connectivity index (χ2n) is 15.8. The fourth-order valence-corrected chi connectivity index (χ4v) is 9.04. The van der Waals surface area contributed by atoms with Gasteiger partial charge in [-0.1, -0.05) is 24.3 Å². The number of primary amides is 2. The van der Waals surface area contributed by atoms with Gasteiger partial charge in [-0.3, -0.25) is 9.59 Å². The first-order valence-corrected chi connectivity index (χ1v) is 21.9. The number of alkyl halides is 12. The molecule has 0 aliphatic carbocycles. The van der Waals surface area contributed by atoms with Crippen LogP contribution in [-0.2, 0) is 44.3 Å². The van der Waals surface area contributed by atoms with Crippen LogP contribution in [0.4, 0.5) is 52.7 Å². The molecule has 6 aromatic rings. The minimum atomic E-state index is -5.16. The molecule has 1 atom stereocenters. The Morgan fingerprint density at radius 3 is 1.49 bits per heavy atom. The summed E-state index contributed by atoms with van der Waals surface area (Å²) in [6, 6.07) is 15.0. The lowest BCUT2D eigenvalue weighted by Crippen LogP contribution is -2.28. The van der Waals surface area contributed by atoms with Crippen LogP contribution in [0.5, 0.6) is 0 Å². The SMILES string of the molecule is N#Cc1cc(C2CCN(S(=O)(=O)c3ccc(/C(=C\c4ccnc(-c5cc(C(F)(F)F)cc(C(F)(F)F)c5)n4)C(N)=O)cc3)C2)ccc1/C(=C\c1ccnc(-c2cc(C(F)(F)F)cc(C(F)(F)F)c2)n1)C(N)=O. The normalized spacial score (nSPS) is 15.3. The molecule has 7 rings (SSSR count). The van der Waals surface area contributed by atoms with E-state index in [0.29, 0.717) is 29.8 Å². The molecular weight excluding hydrogens is 1000 g/mol. The lowest BCUT2D eigenvalue weighted by Gasteiger charge is -2.18. The van der Waals surface area contributed by atoms with E-state index in [0.717, 1.165) is 28.9 Å². The molecule has 0 saturated carbocycles. The van der Waals surface area contributed by atoms with E-state index in [-0.39, 0.29) is 75.8 Å². The van der Waals surface area contributed by atoms with Crippen molar-refractivity contribution in [3.63, 3.8) is 0 Å². The average Bonchev–Trinajstić information content (AvgIpc) is 3.83. The number of carbonyl (C=O) groups is 2. The molecule has 0 radical (unpaired) electrons. The first-order chi connectivity index (χ1) is 33.5. The number of aromatic nitrogens is 4. The molecule has 1 saturated heterocycles. The molecule has 1 unspecified atom stereocenters. The third-order valence-corrected chi connectivity index (χ3v) is 12.9. The molecule has 0 spiro atoms. The highest BCUT2D eigenvalue weighted by Crippen LogP contribution is 2.41. The number of amides is 2. The van der Waals surface area contributed by atoms with Crippen LogP contribution in [0.3, 0.4) is 0 Å². The fourth-order valence-electron chi connectivity index (χ4n) is 7.54. The Morgan fingerprint density at radius 1 is 0.625 bits per heavy atom. The molecule has 1 aliphatic heterocycles. The Morgan fingerprint density at radius 2 is 1.07 bits per heavy atom. The second-order valence-corrected chi connectivity index (χ2v) is 17.8. The Kier molecular flexibility index (Phi) is 13.9. The van der Waals surface area contributed by atoms with Crippen molar-refractivity contribution in [2.75, 3.05) is 13.1 Å². The van der Waals surface area contributed by atoms with E-state index in [2.05, 4.69) is 19.9 Å². The monoisotopic (exact) mass is 1030 g/mol. The van der Waals surface area contributed by atoms with Crippen molar-refractivity contribution in [1.82, 2.24) is 24.2 Å². The molecule has 4 N–H and O–H groups in total. The quantitative estimate of drug-likeness (QED) is 0.0937. The highest BCUT2D eigenvalue weighted by molar-refractivity contribution is 7.89. The standard InChI is InChI=1S/C47H30F12N8O4S/c48-44(49,50)30-14-27(15-31(18-30)45(51,52)53)42-63-10-7-34(65-42)20-38(40(61)68)24-1-4-36(5-2-24)72(70,71)67-12-9-26(23-67)25-3-6-37(29(13-25)22-60)39(41(62)69)21-35-8-11-64-43(66-35)28-16-32(46(54,55)56)19-33(17-28)47(57,58)59/h1-8,10-11,13-21,26H,9,12,23H2,(H2,61,68)(H2,62,69)/b38-20+,39-21+. The maximum absolute atomic E-state index is 13.9. The molecule has 2 aromatic heterocycles. The van der Waals surface area contributed by atoms with Crippen LogP contribution < -0.4 is 11.5 Å². The molecule has 1 aliphatic rings. The summed E-state index contributed by atoms with van der Waals surface area (Å²) in [7, 11) is -4.23. The Labute approximate surface area is 399 Å². The van der Waals surface area contributed by atoms with Crippen molar-refractivity contribution in [2.45, 2.75) is 41.9 Å². The second kappa shape index (κ2) is 19.3.